The minimum atomic E-state index is -0.341. The van der Waals surface area contributed by atoms with Crippen LogP contribution in [-0.2, 0) is 0 Å². The summed E-state index contributed by atoms with van der Waals surface area (Å²) in [4.78, 5) is 0. The van der Waals surface area contributed by atoms with E-state index in [0.29, 0.717) is 31.2 Å². The second kappa shape index (κ2) is 5.14. The molecule has 0 aliphatic carbocycles. The van der Waals surface area contributed by atoms with Gasteiger partial charge in [-0.25, -0.2) is 4.39 Å². The number of fused-ring (bicyclic) bond motifs is 1. The van der Waals surface area contributed by atoms with E-state index in [1.54, 1.807) is 6.07 Å². The van der Waals surface area contributed by atoms with Gasteiger partial charge in [-0.2, -0.15) is 0 Å². The molecule has 4 nitrogen and oxygen atoms in total. The van der Waals surface area contributed by atoms with E-state index >= 15 is 0 Å². The van der Waals surface area contributed by atoms with Crippen molar-refractivity contribution in [1.82, 2.24) is 5.32 Å². The molecular formula is C11H14FNO3. The van der Waals surface area contributed by atoms with Crippen LogP contribution in [-0.4, -0.2) is 37.5 Å². The van der Waals surface area contributed by atoms with E-state index < -0.39 is 0 Å². The number of rotatable bonds is 4. The van der Waals surface area contributed by atoms with Crippen LogP contribution in [0.1, 0.15) is 0 Å². The lowest BCUT2D eigenvalue weighted by molar-refractivity contribution is 0.0889. The highest BCUT2D eigenvalue weighted by atomic mass is 19.1. The van der Waals surface area contributed by atoms with Gasteiger partial charge >= 0.3 is 0 Å². The fourth-order valence-electron chi connectivity index (χ4n) is 1.53. The molecule has 0 saturated carbocycles. The summed E-state index contributed by atoms with van der Waals surface area (Å²) in [5.41, 5.74) is 0. The van der Waals surface area contributed by atoms with E-state index in [2.05, 4.69) is 5.32 Å². The van der Waals surface area contributed by atoms with Crippen molar-refractivity contribution in [1.29, 1.82) is 0 Å². The first kappa shape index (κ1) is 11.2. The summed E-state index contributed by atoms with van der Waals surface area (Å²) in [6, 6.07) is 4.21. The first-order chi connectivity index (χ1) is 7.79. The molecule has 1 unspecified atom stereocenters. The maximum atomic E-state index is 12.9. The van der Waals surface area contributed by atoms with Gasteiger partial charge in [0.25, 0.3) is 0 Å². The molecule has 0 amide bonds. The third kappa shape index (κ3) is 2.62. The zero-order valence-corrected chi connectivity index (χ0v) is 8.78. The molecule has 5 heteroatoms. The minimum absolute atomic E-state index is 0.0821. The van der Waals surface area contributed by atoms with E-state index in [4.69, 9.17) is 14.6 Å². The van der Waals surface area contributed by atoms with E-state index in [-0.39, 0.29) is 18.5 Å². The second-order valence-corrected chi connectivity index (χ2v) is 3.57. The molecule has 1 atom stereocenters. The Labute approximate surface area is 93.0 Å². The lowest BCUT2D eigenvalue weighted by atomic mass is 10.2. The van der Waals surface area contributed by atoms with Crippen molar-refractivity contribution in [2.45, 2.75) is 6.10 Å². The number of benzene rings is 1. The predicted molar refractivity (Wildman–Crippen MR) is 56.3 cm³/mol. The van der Waals surface area contributed by atoms with Gasteiger partial charge in [-0.3, -0.25) is 0 Å². The summed E-state index contributed by atoms with van der Waals surface area (Å²) < 4.78 is 23.9. The number of aliphatic hydroxyl groups excluding tert-OH is 1. The van der Waals surface area contributed by atoms with E-state index in [0.717, 1.165) is 0 Å². The van der Waals surface area contributed by atoms with Gasteiger partial charge in [0, 0.05) is 19.2 Å². The lowest BCUT2D eigenvalue weighted by Crippen LogP contribution is -2.39. The van der Waals surface area contributed by atoms with Gasteiger partial charge < -0.3 is 19.9 Å². The molecule has 0 aromatic heterocycles. The quantitative estimate of drug-likeness (QED) is 0.737. The molecule has 1 aliphatic heterocycles. The lowest BCUT2D eigenvalue weighted by Gasteiger charge is -2.26. The van der Waals surface area contributed by atoms with Crippen LogP contribution in [0.4, 0.5) is 4.39 Å². The maximum Gasteiger partial charge on any atom is 0.164 e. The second-order valence-electron chi connectivity index (χ2n) is 3.57. The SMILES string of the molecule is OCCNCC1COc2ccc(F)cc2O1. The van der Waals surface area contributed by atoms with Crippen molar-refractivity contribution in [3.05, 3.63) is 24.0 Å². The molecule has 0 spiro atoms. The van der Waals surface area contributed by atoms with Crippen molar-refractivity contribution in [2.75, 3.05) is 26.3 Å². The van der Waals surface area contributed by atoms with Gasteiger partial charge in [0.1, 0.15) is 18.5 Å². The number of nitrogens with one attached hydrogen (secondary N) is 1. The number of aliphatic hydroxyl groups is 1. The molecular weight excluding hydrogens is 213 g/mol. The zero-order valence-electron chi connectivity index (χ0n) is 8.78. The monoisotopic (exact) mass is 227 g/mol. The Morgan fingerprint density at radius 1 is 1.44 bits per heavy atom. The highest BCUT2D eigenvalue weighted by Crippen LogP contribution is 2.31. The molecule has 2 rings (SSSR count). The Morgan fingerprint density at radius 3 is 3.12 bits per heavy atom. The van der Waals surface area contributed by atoms with Gasteiger partial charge in [0.05, 0.1) is 6.61 Å². The maximum absolute atomic E-state index is 12.9. The van der Waals surface area contributed by atoms with Gasteiger partial charge in [-0.05, 0) is 12.1 Å². The van der Waals surface area contributed by atoms with Crippen molar-refractivity contribution in [3.63, 3.8) is 0 Å². The van der Waals surface area contributed by atoms with E-state index in [9.17, 15) is 4.39 Å². The molecule has 1 aromatic carbocycles. The average Bonchev–Trinajstić information content (AvgIpc) is 2.29. The van der Waals surface area contributed by atoms with Gasteiger partial charge in [0.2, 0.25) is 0 Å². The molecule has 16 heavy (non-hydrogen) atoms. The van der Waals surface area contributed by atoms with Crippen LogP contribution < -0.4 is 14.8 Å². The Bertz CT molecular complexity index is 359. The Morgan fingerprint density at radius 2 is 2.31 bits per heavy atom. The van der Waals surface area contributed by atoms with Crippen molar-refractivity contribution in [3.8, 4) is 11.5 Å². The fraction of sp³-hybridized carbons (Fsp3) is 0.455. The zero-order chi connectivity index (χ0) is 11.4. The normalized spacial score (nSPS) is 18.5. The van der Waals surface area contributed by atoms with Crippen LogP contribution in [0, 0.1) is 5.82 Å². The Hall–Kier alpha value is -1.33. The molecule has 1 heterocycles. The first-order valence-corrected chi connectivity index (χ1v) is 5.20. The standard InChI is InChI=1S/C11H14FNO3/c12-8-1-2-10-11(5-8)16-9(7-15-10)6-13-3-4-14/h1-2,5,9,13-14H,3-4,6-7H2. The third-order valence-electron chi connectivity index (χ3n) is 2.28. The van der Waals surface area contributed by atoms with Crippen LogP contribution in [0.15, 0.2) is 18.2 Å². The van der Waals surface area contributed by atoms with E-state index in [1.807, 2.05) is 0 Å². The molecule has 0 bridgehead atoms. The van der Waals surface area contributed by atoms with Crippen LogP contribution in [0.3, 0.4) is 0 Å². The van der Waals surface area contributed by atoms with Crippen LogP contribution in [0.25, 0.3) is 0 Å². The summed E-state index contributed by atoms with van der Waals surface area (Å²) in [6.07, 6.45) is -0.152. The third-order valence-corrected chi connectivity index (χ3v) is 2.28. The largest absolute Gasteiger partial charge is 0.486 e. The van der Waals surface area contributed by atoms with Gasteiger partial charge in [0.15, 0.2) is 11.5 Å². The van der Waals surface area contributed by atoms with Gasteiger partial charge in [-0.15, -0.1) is 0 Å². The highest BCUT2D eigenvalue weighted by molar-refractivity contribution is 5.41. The van der Waals surface area contributed by atoms with E-state index in [1.165, 1.54) is 12.1 Å². The molecule has 1 aliphatic rings. The summed E-state index contributed by atoms with van der Waals surface area (Å²) in [7, 11) is 0. The molecule has 0 saturated heterocycles. The predicted octanol–water partition coefficient (Wildman–Crippen LogP) is 0.547. The Kier molecular flexibility index (Phi) is 3.58. The summed E-state index contributed by atoms with van der Waals surface area (Å²) >= 11 is 0. The van der Waals surface area contributed by atoms with Crippen molar-refractivity contribution >= 4 is 0 Å². The minimum Gasteiger partial charge on any atom is -0.486 e. The molecule has 1 aromatic rings. The topological polar surface area (TPSA) is 50.7 Å². The molecule has 0 fully saturated rings. The van der Waals surface area contributed by atoms with Crippen molar-refractivity contribution in [2.24, 2.45) is 0 Å². The smallest absolute Gasteiger partial charge is 0.164 e. The van der Waals surface area contributed by atoms with Crippen LogP contribution >= 0.6 is 0 Å². The van der Waals surface area contributed by atoms with Crippen LogP contribution in [0.2, 0.25) is 0 Å². The summed E-state index contributed by atoms with van der Waals surface area (Å²) in [6.45, 7) is 1.59. The fourth-order valence-corrected chi connectivity index (χ4v) is 1.53. The van der Waals surface area contributed by atoms with Gasteiger partial charge in [-0.1, -0.05) is 0 Å². The molecule has 2 N–H and O–H groups in total. The van der Waals surface area contributed by atoms with Crippen LogP contribution in [0.5, 0.6) is 11.5 Å². The molecule has 0 radical (unpaired) electrons. The Balaban J connectivity index is 1.94. The first-order valence-electron chi connectivity index (χ1n) is 5.20. The number of halogens is 1. The number of hydrogen-bond donors (Lipinski definition) is 2. The molecule has 88 valence electrons. The number of hydrogen-bond acceptors (Lipinski definition) is 4. The number of ether oxygens (including phenoxy) is 2. The van der Waals surface area contributed by atoms with Crippen molar-refractivity contribution < 1.29 is 19.0 Å². The summed E-state index contributed by atoms with van der Waals surface area (Å²) in [5.74, 6) is 0.660. The average molecular weight is 227 g/mol. The summed E-state index contributed by atoms with van der Waals surface area (Å²) in [5, 5.41) is 11.6. The highest BCUT2D eigenvalue weighted by Gasteiger charge is 2.20.